The van der Waals surface area contributed by atoms with Crippen LogP contribution >= 0.6 is 0 Å². The number of hydrogen-bond acceptors (Lipinski definition) is 5. The zero-order valence-corrected chi connectivity index (χ0v) is 17.5. The number of para-hydroxylation sites is 1. The van der Waals surface area contributed by atoms with Crippen LogP contribution in [0.15, 0.2) is 71.5 Å². The Morgan fingerprint density at radius 2 is 1.52 bits per heavy atom. The van der Waals surface area contributed by atoms with Crippen LogP contribution in [0.4, 0.5) is 0 Å². The van der Waals surface area contributed by atoms with Gasteiger partial charge in [0.2, 0.25) is 0 Å². The van der Waals surface area contributed by atoms with E-state index in [4.69, 9.17) is 19.2 Å². The second-order valence-electron chi connectivity index (χ2n) is 6.77. The minimum absolute atomic E-state index is 0.145. The second kappa shape index (κ2) is 8.75. The first-order valence-electron chi connectivity index (χ1n) is 9.71. The van der Waals surface area contributed by atoms with E-state index < -0.39 is 0 Å². The molecule has 6 nitrogen and oxygen atoms in total. The molecule has 4 aromatic rings. The molecule has 0 aliphatic rings. The summed E-state index contributed by atoms with van der Waals surface area (Å²) in [5.74, 6) is 2.61. The summed E-state index contributed by atoms with van der Waals surface area (Å²) in [4.78, 5) is 18.1. The van der Waals surface area contributed by atoms with Crippen molar-refractivity contribution in [2.75, 3.05) is 21.3 Å². The molecular formula is C25H22N2O4. The Hall–Kier alpha value is -4.06. The fourth-order valence-corrected chi connectivity index (χ4v) is 3.38. The largest absolute Gasteiger partial charge is 0.497 e. The molecule has 0 aliphatic carbocycles. The van der Waals surface area contributed by atoms with Gasteiger partial charge in [0.15, 0.2) is 0 Å². The lowest BCUT2D eigenvalue weighted by Gasteiger charge is -2.12. The molecule has 0 spiro atoms. The van der Waals surface area contributed by atoms with Gasteiger partial charge in [-0.3, -0.25) is 9.36 Å². The van der Waals surface area contributed by atoms with Gasteiger partial charge in [0.25, 0.3) is 5.56 Å². The second-order valence-corrected chi connectivity index (χ2v) is 6.77. The molecular weight excluding hydrogens is 392 g/mol. The third-order valence-electron chi connectivity index (χ3n) is 4.98. The van der Waals surface area contributed by atoms with Crippen molar-refractivity contribution >= 4 is 23.1 Å². The van der Waals surface area contributed by atoms with E-state index in [1.807, 2.05) is 66.7 Å². The summed E-state index contributed by atoms with van der Waals surface area (Å²) in [5, 5.41) is 0.550. The number of rotatable bonds is 6. The molecule has 0 fully saturated rings. The van der Waals surface area contributed by atoms with E-state index in [1.165, 1.54) is 0 Å². The van der Waals surface area contributed by atoms with Gasteiger partial charge in [-0.15, -0.1) is 0 Å². The highest BCUT2D eigenvalue weighted by Crippen LogP contribution is 2.26. The van der Waals surface area contributed by atoms with Crippen LogP contribution in [0.5, 0.6) is 17.2 Å². The Morgan fingerprint density at radius 1 is 0.806 bits per heavy atom. The maximum absolute atomic E-state index is 13.4. The maximum atomic E-state index is 13.4. The van der Waals surface area contributed by atoms with Crippen LogP contribution in [0.3, 0.4) is 0 Å². The highest BCUT2D eigenvalue weighted by Gasteiger charge is 2.12. The molecule has 0 bridgehead atoms. The number of ether oxygens (including phenoxy) is 3. The highest BCUT2D eigenvalue weighted by molar-refractivity contribution is 5.80. The summed E-state index contributed by atoms with van der Waals surface area (Å²) < 4.78 is 17.6. The zero-order valence-electron chi connectivity index (χ0n) is 17.5. The van der Waals surface area contributed by atoms with Crippen LogP contribution in [0, 0.1) is 0 Å². The highest BCUT2D eigenvalue weighted by atomic mass is 16.5. The van der Waals surface area contributed by atoms with Gasteiger partial charge in [-0.05, 0) is 66.7 Å². The number of benzene rings is 3. The van der Waals surface area contributed by atoms with Crippen LogP contribution in [0.1, 0.15) is 11.4 Å². The molecule has 0 aliphatic heterocycles. The van der Waals surface area contributed by atoms with Crippen LogP contribution in [0.25, 0.3) is 28.7 Å². The number of aromatic nitrogens is 2. The molecule has 0 radical (unpaired) electrons. The maximum Gasteiger partial charge on any atom is 0.266 e. The molecule has 0 atom stereocenters. The Morgan fingerprint density at radius 3 is 2.23 bits per heavy atom. The van der Waals surface area contributed by atoms with Crippen molar-refractivity contribution in [2.24, 2.45) is 0 Å². The predicted octanol–water partition coefficient (Wildman–Crippen LogP) is 4.58. The van der Waals surface area contributed by atoms with Crippen molar-refractivity contribution in [3.05, 3.63) is 88.5 Å². The molecule has 4 rings (SSSR count). The molecule has 6 heteroatoms. The van der Waals surface area contributed by atoms with E-state index in [0.29, 0.717) is 39.7 Å². The smallest absolute Gasteiger partial charge is 0.266 e. The van der Waals surface area contributed by atoms with Gasteiger partial charge in [-0.1, -0.05) is 12.1 Å². The number of hydrogen-bond donors (Lipinski definition) is 0. The van der Waals surface area contributed by atoms with Gasteiger partial charge >= 0.3 is 0 Å². The minimum Gasteiger partial charge on any atom is -0.497 e. The van der Waals surface area contributed by atoms with Gasteiger partial charge in [0.1, 0.15) is 23.1 Å². The van der Waals surface area contributed by atoms with Crippen LogP contribution in [-0.4, -0.2) is 30.9 Å². The first-order chi connectivity index (χ1) is 15.1. The Labute approximate surface area is 180 Å². The fraction of sp³-hybridized carbons (Fsp3) is 0.120. The van der Waals surface area contributed by atoms with Crippen LogP contribution in [0.2, 0.25) is 0 Å². The van der Waals surface area contributed by atoms with E-state index in [1.54, 1.807) is 38.0 Å². The summed E-state index contributed by atoms with van der Waals surface area (Å²) in [6.45, 7) is 0. The van der Waals surface area contributed by atoms with Crippen molar-refractivity contribution < 1.29 is 14.2 Å². The molecule has 156 valence electrons. The summed E-state index contributed by atoms with van der Waals surface area (Å²) in [7, 11) is 4.83. The van der Waals surface area contributed by atoms with Crippen LogP contribution in [-0.2, 0) is 0 Å². The first-order valence-corrected chi connectivity index (χ1v) is 9.71. The predicted molar refractivity (Wildman–Crippen MR) is 122 cm³/mol. The zero-order chi connectivity index (χ0) is 21.8. The van der Waals surface area contributed by atoms with E-state index in [2.05, 4.69) is 0 Å². The Kier molecular flexibility index (Phi) is 5.71. The van der Waals surface area contributed by atoms with Crippen molar-refractivity contribution in [3.63, 3.8) is 0 Å². The number of nitrogens with zero attached hydrogens (tertiary/aromatic N) is 2. The average Bonchev–Trinajstić information content (AvgIpc) is 2.82. The Balaban J connectivity index is 1.90. The lowest BCUT2D eigenvalue weighted by molar-refractivity contribution is 0.402. The molecule has 0 unspecified atom stereocenters. The third-order valence-corrected chi connectivity index (χ3v) is 4.98. The summed E-state index contributed by atoms with van der Waals surface area (Å²) >= 11 is 0. The molecule has 0 N–H and O–H groups in total. The van der Waals surface area contributed by atoms with Crippen molar-refractivity contribution in [1.29, 1.82) is 0 Å². The molecule has 1 heterocycles. The standard InChI is InChI=1S/C25H22N2O4/c1-29-19-11-9-18(10-12-19)27-24(26-22-7-5-4-6-21(22)25(27)28)15-8-17-16-20(30-2)13-14-23(17)31-3/h4-16H,1-3H3. The van der Waals surface area contributed by atoms with E-state index in [9.17, 15) is 4.79 Å². The lowest BCUT2D eigenvalue weighted by Crippen LogP contribution is -2.22. The average molecular weight is 414 g/mol. The van der Waals surface area contributed by atoms with Gasteiger partial charge in [-0.25, -0.2) is 4.98 Å². The molecule has 0 saturated carbocycles. The first kappa shape index (κ1) is 20.2. The number of fused-ring (bicyclic) bond motifs is 1. The molecule has 0 saturated heterocycles. The molecule has 0 amide bonds. The van der Waals surface area contributed by atoms with Gasteiger partial charge in [0, 0.05) is 5.56 Å². The molecule has 3 aromatic carbocycles. The van der Waals surface area contributed by atoms with Crippen LogP contribution < -0.4 is 19.8 Å². The molecule has 31 heavy (non-hydrogen) atoms. The number of methoxy groups -OCH3 is 3. The van der Waals surface area contributed by atoms with Crippen molar-refractivity contribution in [2.45, 2.75) is 0 Å². The summed E-state index contributed by atoms with van der Waals surface area (Å²) in [5.41, 5.74) is 1.99. The van der Waals surface area contributed by atoms with Gasteiger partial charge in [-0.2, -0.15) is 0 Å². The van der Waals surface area contributed by atoms with Gasteiger partial charge < -0.3 is 14.2 Å². The fourth-order valence-electron chi connectivity index (χ4n) is 3.38. The quantitative estimate of drug-likeness (QED) is 0.462. The summed E-state index contributed by atoms with van der Waals surface area (Å²) in [6.07, 6.45) is 3.66. The van der Waals surface area contributed by atoms with Crippen molar-refractivity contribution in [1.82, 2.24) is 9.55 Å². The third kappa shape index (κ3) is 4.00. The minimum atomic E-state index is -0.145. The summed E-state index contributed by atoms with van der Waals surface area (Å²) in [6, 6.07) is 20.1. The molecule has 1 aromatic heterocycles. The Bertz CT molecular complexity index is 1310. The lowest BCUT2D eigenvalue weighted by atomic mass is 10.1. The SMILES string of the molecule is COc1ccc(-n2c(C=Cc3cc(OC)ccc3OC)nc3ccccc3c2=O)cc1. The van der Waals surface area contributed by atoms with E-state index in [0.717, 1.165) is 5.56 Å². The topological polar surface area (TPSA) is 62.6 Å². The van der Waals surface area contributed by atoms with Crippen molar-refractivity contribution in [3.8, 4) is 22.9 Å². The monoisotopic (exact) mass is 414 g/mol. The normalized spacial score (nSPS) is 11.1. The van der Waals surface area contributed by atoms with E-state index >= 15 is 0 Å². The van der Waals surface area contributed by atoms with Gasteiger partial charge in [0.05, 0.1) is 37.9 Å². The van der Waals surface area contributed by atoms with E-state index in [-0.39, 0.29) is 5.56 Å².